The van der Waals surface area contributed by atoms with Crippen molar-refractivity contribution in [1.82, 2.24) is 9.88 Å². The number of rotatable bonds is 5. The zero-order valence-electron chi connectivity index (χ0n) is 14.3. The van der Waals surface area contributed by atoms with Crippen LogP contribution in [-0.4, -0.2) is 36.9 Å². The molecule has 2 aromatic heterocycles. The van der Waals surface area contributed by atoms with E-state index >= 15 is 0 Å². The van der Waals surface area contributed by atoms with Crippen LogP contribution in [0.1, 0.15) is 19.5 Å². The molecule has 0 aliphatic heterocycles. The van der Waals surface area contributed by atoms with Crippen molar-refractivity contribution < 1.29 is 0 Å². The molecule has 0 spiro atoms. The van der Waals surface area contributed by atoms with E-state index in [9.17, 15) is 0 Å². The number of aromatic nitrogens is 1. The van der Waals surface area contributed by atoms with Crippen molar-refractivity contribution in [3.05, 3.63) is 33.3 Å². The monoisotopic (exact) mass is 406 g/mol. The normalized spacial score (nSPS) is 9.79. The number of nitrogens with two attached hydrogens (primary N) is 1. The highest BCUT2D eigenvalue weighted by Gasteiger charge is 2.17. The number of halogens is 2. The van der Waals surface area contributed by atoms with Crippen molar-refractivity contribution in [2.45, 2.75) is 20.4 Å². The highest BCUT2D eigenvalue weighted by atomic mass is 35.5. The van der Waals surface area contributed by atoms with E-state index in [0.717, 1.165) is 16.3 Å². The largest absolute Gasteiger partial charge is 0.380 e. The van der Waals surface area contributed by atoms with E-state index in [-0.39, 0.29) is 0 Å². The van der Waals surface area contributed by atoms with Gasteiger partial charge in [0.05, 0.1) is 32.6 Å². The molecule has 24 heavy (non-hydrogen) atoms. The number of nitrogens with zero attached hydrogens (tertiary/aromatic N) is 2. The maximum absolute atomic E-state index is 6.25. The Morgan fingerprint density at radius 3 is 2.42 bits per heavy atom. The van der Waals surface area contributed by atoms with E-state index in [1.54, 1.807) is 30.1 Å². The van der Waals surface area contributed by atoms with Crippen molar-refractivity contribution >= 4 is 58.5 Å². The average Bonchev–Trinajstić information content (AvgIpc) is 3.14. The summed E-state index contributed by atoms with van der Waals surface area (Å²) < 4.78 is 2.01. The lowest BCUT2D eigenvalue weighted by atomic mass is 10.3. The van der Waals surface area contributed by atoms with E-state index in [1.807, 2.05) is 43.0 Å². The van der Waals surface area contributed by atoms with Crippen molar-refractivity contribution in [3.8, 4) is 10.6 Å². The summed E-state index contributed by atoms with van der Waals surface area (Å²) in [5.41, 5.74) is 7.39. The maximum atomic E-state index is 6.25. The van der Waals surface area contributed by atoms with Crippen LogP contribution in [0.3, 0.4) is 0 Å². The van der Waals surface area contributed by atoms with Gasteiger partial charge in [0.2, 0.25) is 0 Å². The molecule has 2 rings (SSSR count). The number of thiocarbonyl (C=S) groups is 1. The number of hydrogen-bond acceptors (Lipinski definition) is 4. The van der Waals surface area contributed by atoms with Gasteiger partial charge in [-0.2, -0.15) is 0 Å². The second-order valence-electron chi connectivity index (χ2n) is 4.10. The van der Waals surface area contributed by atoms with Gasteiger partial charge in [-0.05, 0) is 17.5 Å². The predicted octanol–water partition coefficient (Wildman–Crippen LogP) is 4.72. The summed E-state index contributed by atoms with van der Waals surface area (Å²) in [5.74, 6) is 0. The quantitative estimate of drug-likeness (QED) is 0.428. The number of hydrogen-bond donors (Lipinski definition) is 2. The lowest BCUT2D eigenvalue weighted by Crippen LogP contribution is -2.12. The standard InChI is InChI=1S/C11H10Cl2N2S2.C3H8N2.C2H6/c12-8-1-4-17-11(8)10-9(13)5-7(6-16)15(10)3-2-14;1-4-3-5-2;1-2/h1,4-6H,2-3,14H2;3H,1-2H3,(H,4,5);1-2H3. The first-order valence-electron chi connectivity index (χ1n) is 7.46. The van der Waals surface area contributed by atoms with Crippen LogP contribution in [0, 0.1) is 0 Å². The van der Waals surface area contributed by atoms with Crippen LogP contribution in [0.2, 0.25) is 10.0 Å². The second-order valence-corrected chi connectivity index (χ2v) is 6.06. The Hall–Kier alpha value is -0.920. The van der Waals surface area contributed by atoms with E-state index < -0.39 is 0 Å². The van der Waals surface area contributed by atoms with Gasteiger partial charge < -0.3 is 15.6 Å². The summed E-state index contributed by atoms with van der Waals surface area (Å²) in [5, 5.41) is 7.61. The molecular weight excluding hydrogens is 383 g/mol. The van der Waals surface area contributed by atoms with Crippen LogP contribution in [0.25, 0.3) is 10.6 Å². The summed E-state index contributed by atoms with van der Waals surface area (Å²) in [6.07, 6.45) is 1.62. The number of thiophene rings is 1. The Morgan fingerprint density at radius 1 is 1.38 bits per heavy atom. The highest BCUT2D eigenvalue weighted by Crippen LogP contribution is 2.39. The summed E-state index contributed by atoms with van der Waals surface area (Å²) >= 11 is 18.9. The minimum absolute atomic E-state index is 0.525. The molecule has 8 heteroatoms. The first-order valence-corrected chi connectivity index (χ1v) is 9.56. The fourth-order valence-electron chi connectivity index (χ4n) is 1.82. The van der Waals surface area contributed by atoms with E-state index in [4.69, 9.17) is 41.2 Å². The van der Waals surface area contributed by atoms with Crippen molar-refractivity contribution in [2.75, 3.05) is 20.6 Å². The predicted molar refractivity (Wildman–Crippen MR) is 114 cm³/mol. The Balaban J connectivity index is 0.000000650. The molecule has 4 nitrogen and oxygen atoms in total. The molecule has 0 saturated heterocycles. The minimum Gasteiger partial charge on any atom is -0.380 e. The molecular formula is C16H24Cl2N4S2. The zero-order valence-corrected chi connectivity index (χ0v) is 17.5. The molecule has 0 saturated carbocycles. The Labute approximate surface area is 163 Å². The first-order chi connectivity index (χ1) is 11.6. The van der Waals surface area contributed by atoms with Gasteiger partial charge in [-0.25, -0.2) is 0 Å². The van der Waals surface area contributed by atoms with Crippen molar-refractivity contribution in [1.29, 1.82) is 0 Å². The number of nitrogens with one attached hydrogen (secondary N) is 1. The molecule has 0 aliphatic rings. The van der Waals surface area contributed by atoms with Gasteiger partial charge in [-0.1, -0.05) is 49.3 Å². The van der Waals surface area contributed by atoms with Crippen LogP contribution < -0.4 is 11.1 Å². The topological polar surface area (TPSA) is 55.3 Å². The van der Waals surface area contributed by atoms with E-state index in [0.29, 0.717) is 23.1 Å². The molecule has 0 aromatic carbocycles. The third-order valence-corrected chi connectivity index (χ3v) is 4.52. The third kappa shape index (κ3) is 6.53. The van der Waals surface area contributed by atoms with Gasteiger partial charge in [0.15, 0.2) is 0 Å². The second kappa shape index (κ2) is 13.4. The molecule has 2 aromatic rings. The summed E-state index contributed by atoms with van der Waals surface area (Å²) in [6, 6.07) is 3.70. The van der Waals surface area contributed by atoms with Crippen LogP contribution in [-0.2, 0) is 6.54 Å². The summed E-state index contributed by atoms with van der Waals surface area (Å²) in [4.78, 5) is 4.57. The fourth-order valence-corrected chi connectivity index (χ4v) is 3.60. The van der Waals surface area contributed by atoms with Crippen LogP contribution in [0.5, 0.6) is 0 Å². The fraction of sp³-hybridized carbons (Fsp3) is 0.375. The molecule has 0 atom stereocenters. The summed E-state index contributed by atoms with van der Waals surface area (Å²) in [7, 11) is 3.53. The average molecular weight is 407 g/mol. The molecule has 2 heterocycles. The van der Waals surface area contributed by atoms with Gasteiger partial charge in [-0.3, -0.25) is 4.99 Å². The van der Waals surface area contributed by atoms with Crippen LogP contribution in [0.15, 0.2) is 22.5 Å². The minimum atomic E-state index is 0.525. The Kier molecular flexibility index (Phi) is 12.9. The molecule has 0 radical (unpaired) electrons. The number of aliphatic imine (C=N–C) groups is 1. The van der Waals surface area contributed by atoms with E-state index in [1.165, 1.54) is 0 Å². The van der Waals surface area contributed by atoms with Gasteiger partial charge >= 0.3 is 0 Å². The van der Waals surface area contributed by atoms with E-state index in [2.05, 4.69) is 10.3 Å². The molecule has 134 valence electrons. The van der Waals surface area contributed by atoms with Gasteiger partial charge in [0, 0.05) is 32.6 Å². The zero-order chi connectivity index (χ0) is 18.5. The van der Waals surface area contributed by atoms with Crippen molar-refractivity contribution in [2.24, 2.45) is 10.7 Å². The lowest BCUT2D eigenvalue weighted by Gasteiger charge is -2.09. The molecule has 0 aliphatic carbocycles. The third-order valence-electron chi connectivity index (χ3n) is 2.65. The smallest absolute Gasteiger partial charge is 0.0817 e. The highest BCUT2D eigenvalue weighted by molar-refractivity contribution is 7.79. The Bertz CT molecular complexity index is 636. The first kappa shape index (κ1) is 23.1. The molecule has 3 N–H and O–H groups in total. The van der Waals surface area contributed by atoms with Gasteiger partial charge in [0.25, 0.3) is 0 Å². The molecule has 0 unspecified atom stereocenters. The van der Waals surface area contributed by atoms with Gasteiger partial charge in [-0.15, -0.1) is 11.3 Å². The van der Waals surface area contributed by atoms with Crippen LogP contribution >= 0.6 is 46.8 Å². The molecule has 0 amide bonds. The Morgan fingerprint density at radius 2 is 2.04 bits per heavy atom. The SMILES string of the molecule is CC.CN=CNC.NCCn1c(C=S)cc(Cl)c1-c1sccc1Cl. The molecule has 0 fully saturated rings. The molecule has 0 bridgehead atoms. The lowest BCUT2D eigenvalue weighted by molar-refractivity contribution is 0.717. The van der Waals surface area contributed by atoms with Crippen LogP contribution in [0.4, 0.5) is 0 Å². The van der Waals surface area contributed by atoms with Gasteiger partial charge in [0.1, 0.15) is 0 Å². The van der Waals surface area contributed by atoms with Crippen molar-refractivity contribution in [3.63, 3.8) is 0 Å². The maximum Gasteiger partial charge on any atom is 0.0817 e. The summed E-state index contributed by atoms with van der Waals surface area (Å²) in [6.45, 7) is 5.19.